The number of nitrogens with zero attached hydrogens (tertiary/aromatic N) is 5. The van der Waals surface area contributed by atoms with E-state index in [9.17, 15) is 23.9 Å². The van der Waals surface area contributed by atoms with Crippen molar-refractivity contribution in [3.8, 4) is 0 Å². The molecule has 3 atom stereocenters. The molecule has 0 unspecified atom stereocenters. The summed E-state index contributed by atoms with van der Waals surface area (Å²) in [5.74, 6) is -2.98. The van der Waals surface area contributed by atoms with Gasteiger partial charge >= 0.3 is 0 Å². The number of nitrogen functional groups attached to an aromatic ring is 1. The number of nitrogens with one attached hydrogen (secondary N) is 1. The molecule has 3 N–H and O–H groups in total. The van der Waals surface area contributed by atoms with Crippen LogP contribution in [0.3, 0.4) is 0 Å². The highest BCUT2D eigenvalue weighted by molar-refractivity contribution is 8.00. The van der Waals surface area contributed by atoms with Gasteiger partial charge in [-0.25, -0.2) is 4.39 Å². The standard InChI is InChI=1S/C19H22FN7O6S2/c1-27(2)6-5-10(33-27)4-3-9-7-34-17-12(16(29)26(17)13(9)18(30)31)22-15(28)11(24-32-8-20)14-23-19(21)35-25-14/h3-4,10,12,17H,5-8H2,1-2H3,(H3-,21,22,23,25,28,30,31)/b4-3+,24-11-/t10-,12+,17+/m0/s1. The summed E-state index contributed by atoms with van der Waals surface area (Å²) in [4.78, 5) is 52.6. The molecule has 0 spiro atoms. The van der Waals surface area contributed by atoms with Gasteiger partial charge in [0.25, 0.3) is 18.7 Å². The predicted molar refractivity (Wildman–Crippen MR) is 121 cm³/mol. The number of carboxylic acid groups (broad SMARTS) is 1. The summed E-state index contributed by atoms with van der Waals surface area (Å²) in [5, 5.41) is 17.1. The number of β-lactam (4-membered cyclic amide) rings is 1. The molecule has 3 aliphatic rings. The summed E-state index contributed by atoms with van der Waals surface area (Å²) in [7, 11) is 3.85. The average Bonchev–Trinajstić information content (AvgIpc) is 3.39. The monoisotopic (exact) mass is 527 g/mol. The molecule has 0 radical (unpaired) electrons. The van der Waals surface area contributed by atoms with E-state index in [2.05, 4.69) is 24.7 Å². The van der Waals surface area contributed by atoms with E-state index < -0.39 is 41.8 Å². The predicted octanol–water partition coefficient (Wildman–Crippen LogP) is -1.49. The smallest absolute Gasteiger partial charge is 0.278 e. The van der Waals surface area contributed by atoms with Crippen molar-refractivity contribution in [2.24, 2.45) is 5.16 Å². The normalized spacial score (nSPS) is 26.0. The van der Waals surface area contributed by atoms with Crippen molar-refractivity contribution in [1.82, 2.24) is 19.6 Å². The zero-order valence-corrected chi connectivity index (χ0v) is 20.3. The highest BCUT2D eigenvalue weighted by Gasteiger charge is 2.53. The zero-order valence-electron chi connectivity index (χ0n) is 18.7. The molecule has 16 heteroatoms. The number of amides is 2. The van der Waals surface area contributed by atoms with E-state index in [0.29, 0.717) is 10.2 Å². The summed E-state index contributed by atoms with van der Waals surface area (Å²) in [5.41, 5.74) is 5.21. The zero-order chi connectivity index (χ0) is 25.3. The summed E-state index contributed by atoms with van der Waals surface area (Å²) in [6, 6.07) is -1.06. The van der Waals surface area contributed by atoms with Crippen molar-refractivity contribution >= 4 is 51.9 Å². The van der Waals surface area contributed by atoms with Crippen LogP contribution in [0.25, 0.3) is 0 Å². The number of fused-ring (bicyclic) bond motifs is 1. The first-order valence-corrected chi connectivity index (χ1v) is 12.2. The van der Waals surface area contributed by atoms with Gasteiger partial charge in [0.1, 0.15) is 24.1 Å². The van der Waals surface area contributed by atoms with Crippen molar-refractivity contribution in [2.45, 2.75) is 23.9 Å². The molecule has 3 aliphatic heterocycles. The maximum Gasteiger partial charge on any atom is 0.278 e. The molecule has 0 saturated carbocycles. The molecule has 2 saturated heterocycles. The van der Waals surface area contributed by atoms with Crippen LogP contribution in [0, 0.1) is 0 Å². The Bertz CT molecular complexity index is 1140. The number of hydroxylamine groups is 3. The summed E-state index contributed by atoms with van der Waals surface area (Å²) < 4.78 is 16.7. The minimum Gasteiger partial charge on any atom is -0.543 e. The van der Waals surface area contributed by atoms with Gasteiger partial charge in [-0.1, -0.05) is 11.2 Å². The number of halogens is 1. The van der Waals surface area contributed by atoms with Crippen LogP contribution in [0.2, 0.25) is 0 Å². The number of alkyl halides is 1. The maximum absolute atomic E-state index is 12.9. The Hall–Kier alpha value is -3.08. The number of allylic oxidation sites excluding steroid dienone is 1. The molecule has 0 bridgehead atoms. The Morgan fingerprint density at radius 1 is 1.49 bits per heavy atom. The van der Waals surface area contributed by atoms with Crippen LogP contribution >= 0.6 is 23.3 Å². The van der Waals surface area contributed by atoms with E-state index in [1.165, 1.54) is 11.8 Å². The molecule has 1 aromatic rings. The molecule has 188 valence electrons. The van der Waals surface area contributed by atoms with Crippen LogP contribution in [0.1, 0.15) is 12.2 Å². The number of carboxylic acids is 1. The lowest BCUT2D eigenvalue weighted by atomic mass is 10.0. The number of hydrogen-bond acceptors (Lipinski definition) is 12. The molecule has 0 aromatic carbocycles. The molecular weight excluding hydrogens is 505 g/mol. The number of carbonyl (C=O) groups is 3. The molecule has 4 heterocycles. The molecule has 0 aliphatic carbocycles. The Kier molecular flexibility index (Phi) is 7.07. The largest absolute Gasteiger partial charge is 0.543 e. The van der Waals surface area contributed by atoms with Gasteiger partial charge in [0, 0.05) is 23.7 Å². The van der Waals surface area contributed by atoms with Crippen LogP contribution in [0.4, 0.5) is 9.52 Å². The number of nitrogens with two attached hydrogens (primary N) is 1. The SMILES string of the molecule is C[N+]1(C)CC[C@H](/C=C/C2=C(C(=O)[O-])N3C(=O)[C@@H](NC(=O)/C(=N\OCF)c4nsc(N)n4)[C@H]3SC2)O1. The Balaban J connectivity index is 1.49. The van der Waals surface area contributed by atoms with E-state index >= 15 is 0 Å². The lowest BCUT2D eigenvalue weighted by Gasteiger charge is -2.50. The topological polar surface area (TPSA) is 172 Å². The molecule has 2 fully saturated rings. The maximum atomic E-state index is 12.9. The minimum absolute atomic E-state index is 0.0457. The molecular formula is C19H22FN7O6S2. The van der Waals surface area contributed by atoms with Crippen molar-refractivity contribution in [3.63, 3.8) is 0 Å². The van der Waals surface area contributed by atoms with Gasteiger partial charge in [-0.2, -0.15) is 18.8 Å². The van der Waals surface area contributed by atoms with Crippen molar-refractivity contribution in [1.29, 1.82) is 0 Å². The summed E-state index contributed by atoms with van der Waals surface area (Å²) in [6.45, 7) is -0.488. The first-order chi connectivity index (χ1) is 16.6. The fourth-order valence-electron chi connectivity index (χ4n) is 3.84. The Morgan fingerprint density at radius 2 is 2.26 bits per heavy atom. The molecule has 35 heavy (non-hydrogen) atoms. The number of thioether (sulfide) groups is 1. The van der Waals surface area contributed by atoms with E-state index in [4.69, 9.17) is 10.6 Å². The second-order valence-electron chi connectivity index (χ2n) is 8.25. The number of oxime groups is 1. The molecule has 13 nitrogen and oxygen atoms in total. The van der Waals surface area contributed by atoms with Gasteiger partial charge in [-0.05, 0) is 11.6 Å². The first kappa shape index (κ1) is 25.0. The van der Waals surface area contributed by atoms with Crippen molar-refractivity contribution in [3.05, 3.63) is 29.2 Å². The Morgan fingerprint density at radius 3 is 2.86 bits per heavy atom. The number of aromatic nitrogens is 2. The fraction of sp³-hybridized carbons (Fsp3) is 0.474. The first-order valence-electron chi connectivity index (χ1n) is 10.4. The number of anilines is 1. The van der Waals surface area contributed by atoms with Gasteiger partial charge in [0.2, 0.25) is 11.5 Å². The van der Waals surface area contributed by atoms with Crippen LogP contribution in [0.5, 0.6) is 0 Å². The van der Waals surface area contributed by atoms with Crippen molar-refractivity contribution in [2.75, 3.05) is 39.0 Å². The van der Waals surface area contributed by atoms with Crippen LogP contribution in [0.15, 0.2) is 28.6 Å². The third-order valence-corrected chi connectivity index (χ3v) is 7.28. The quantitative estimate of drug-likeness (QED) is 0.176. The molecule has 1 aromatic heterocycles. The number of quaternary nitrogens is 1. The second-order valence-corrected chi connectivity index (χ2v) is 10.1. The van der Waals surface area contributed by atoms with E-state index in [-0.39, 0.29) is 28.5 Å². The average molecular weight is 528 g/mol. The van der Waals surface area contributed by atoms with E-state index in [1.807, 2.05) is 14.1 Å². The number of carbonyl (C=O) groups excluding carboxylic acids is 3. The van der Waals surface area contributed by atoms with Gasteiger partial charge in [-0.15, -0.1) is 11.8 Å². The fourth-order valence-corrected chi connectivity index (χ4v) is 5.59. The lowest BCUT2D eigenvalue weighted by Crippen LogP contribution is -2.71. The Labute approximate surface area is 207 Å². The summed E-state index contributed by atoms with van der Waals surface area (Å²) in [6.07, 6.45) is 4.01. The number of aliphatic carboxylic acids is 1. The lowest BCUT2D eigenvalue weighted by molar-refractivity contribution is -1.06. The van der Waals surface area contributed by atoms with E-state index in [0.717, 1.165) is 29.4 Å². The van der Waals surface area contributed by atoms with Gasteiger partial charge in [0.15, 0.2) is 5.13 Å². The highest BCUT2D eigenvalue weighted by Crippen LogP contribution is 2.40. The van der Waals surface area contributed by atoms with Gasteiger partial charge < -0.3 is 25.8 Å². The molecule has 2 amide bonds. The van der Waals surface area contributed by atoms with Crippen LogP contribution in [-0.4, -0.2) is 93.2 Å². The van der Waals surface area contributed by atoms with Crippen molar-refractivity contribution < 1.29 is 38.2 Å². The van der Waals surface area contributed by atoms with E-state index in [1.54, 1.807) is 12.2 Å². The van der Waals surface area contributed by atoms with Crippen LogP contribution in [-0.2, 0) is 24.1 Å². The van der Waals surface area contributed by atoms with Crippen LogP contribution < -0.4 is 16.2 Å². The van der Waals surface area contributed by atoms with Gasteiger partial charge in [-0.3, -0.25) is 14.5 Å². The molecule has 4 rings (SSSR count). The highest BCUT2D eigenvalue weighted by atomic mass is 32.2. The van der Waals surface area contributed by atoms with Gasteiger partial charge in [0.05, 0.1) is 25.8 Å². The number of rotatable bonds is 8. The summed E-state index contributed by atoms with van der Waals surface area (Å²) >= 11 is 2.06. The second kappa shape index (κ2) is 9.88. The third kappa shape index (κ3) is 5.14. The minimum atomic E-state index is -1.50. The third-order valence-electron chi connectivity index (χ3n) is 5.44. The number of hydrogen-bond donors (Lipinski definition) is 2.